The van der Waals surface area contributed by atoms with E-state index in [0.717, 1.165) is 11.1 Å². The molecule has 0 bridgehead atoms. The van der Waals surface area contributed by atoms with E-state index in [-0.39, 0.29) is 29.7 Å². The summed E-state index contributed by atoms with van der Waals surface area (Å²) in [5.41, 5.74) is -3.00. The van der Waals surface area contributed by atoms with Crippen LogP contribution in [0.2, 0.25) is 0 Å². The van der Waals surface area contributed by atoms with Crippen LogP contribution in [0.1, 0.15) is 74.7 Å². The van der Waals surface area contributed by atoms with Gasteiger partial charge < -0.3 is 44.8 Å². The smallest absolute Gasteiger partial charge is 0.229 e. The Balaban J connectivity index is 1.41. The fraction of sp³-hybridized carbons (Fsp3) is 0.778. The van der Waals surface area contributed by atoms with Crippen LogP contribution in [0.3, 0.4) is 0 Å². The first-order valence-electron chi connectivity index (χ1n) is 16.9. The number of rotatable bonds is 4. The second kappa shape index (κ2) is 11.0. The summed E-state index contributed by atoms with van der Waals surface area (Å²) in [6, 6.07) is 0. The Morgan fingerprint density at radius 1 is 0.979 bits per heavy atom. The summed E-state index contributed by atoms with van der Waals surface area (Å²) in [6.07, 6.45) is -3.15. The van der Waals surface area contributed by atoms with Gasteiger partial charge in [-0.15, -0.1) is 0 Å². The highest BCUT2D eigenvalue weighted by Gasteiger charge is 2.76. The highest BCUT2D eigenvalue weighted by molar-refractivity contribution is 6.02. The number of hydrogen-bond acceptors (Lipinski definition) is 11. The van der Waals surface area contributed by atoms with Gasteiger partial charge in [-0.25, -0.2) is 0 Å². The van der Waals surface area contributed by atoms with Gasteiger partial charge in [0.1, 0.15) is 42.4 Å². The van der Waals surface area contributed by atoms with Gasteiger partial charge in [0.2, 0.25) is 12.1 Å². The summed E-state index contributed by atoms with van der Waals surface area (Å²) in [4.78, 5) is 28.7. The first kappa shape index (κ1) is 34.9. The largest absolute Gasteiger partial charge is 0.459 e. The zero-order valence-electron chi connectivity index (χ0n) is 28.6. The molecule has 0 aromatic heterocycles. The normalized spacial score (nSPS) is 51.9. The quantitative estimate of drug-likeness (QED) is 0.242. The Labute approximate surface area is 276 Å². The predicted molar refractivity (Wildman–Crippen MR) is 168 cm³/mol. The number of fused-ring (bicyclic) bond motifs is 7. The molecule has 262 valence electrons. The third-order valence-corrected chi connectivity index (χ3v) is 13.5. The minimum atomic E-state index is -1.70. The van der Waals surface area contributed by atoms with Crippen molar-refractivity contribution in [2.45, 2.75) is 129 Å². The van der Waals surface area contributed by atoms with Crippen molar-refractivity contribution in [1.29, 1.82) is 0 Å². The molecule has 4 aliphatic carbocycles. The molecular weight excluding hydrogens is 608 g/mol. The Hall–Kier alpha value is -1.96. The Morgan fingerprint density at radius 3 is 2.26 bits per heavy atom. The van der Waals surface area contributed by atoms with Gasteiger partial charge in [-0.3, -0.25) is 9.59 Å². The van der Waals surface area contributed by atoms with Crippen LogP contribution in [0.4, 0.5) is 0 Å². The standard InChI is InChI=1S/C36H52O11/c1-16(2)11-19-30(43)36(8,44)28-21(45-19)13-33(5)23-10-9-17-18(35(23,7)24(38)14-34(28,33)6)12-20(29(42)32(17,3)4)46-31-27(41)26(40)25(39)22(15-37)47-31/h9,11-12,18-19,21-23,25-28,30-31,37,39-41,43-44H,10,13-15H2,1-8H3/t18-,19+,21-,22-,23+,25-,26+,27-,28+,30-,31-,33+,34-,35+,36-/m1/s1. The lowest BCUT2D eigenvalue weighted by Crippen LogP contribution is -2.67. The number of aliphatic hydroxyl groups excluding tert-OH is 5. The number of carbonyl (C=O) groups excluding carboxylic acids is 2. The molecular formula is C36H52O11. The maximum Gasteiger partial charge on any atom is 0.229 e. The van der Waals surface area contributed by atoms with E-state index in [1.807, 2.05) is 26.8 Å². The monoisotopic (exact) mass is 660 g/mol. The molecule has 6 N–H and O–H groups in total. The first-order chi connectivity index (χ1) is 21.7. The highest BCUT2D eigenvalue weighted by atomic mass is 16.7. The molecule has 11 heteroatoms. The number of ketones is 2. The molecule has 6 rings (SSSR count). The average molecular weight is 661 g/mol. The summed E-state index contributed by atoms with van der Waals surface area (Å²) in [6.45, 7) is 14.6. The summed E-state index contributed by atoms with van der Waals surface area (Å²) < 4.78 is 18.1. The van der Waals surface area contributed by atoms with Gasteiger partial charge in [-0.2, -0.15) is 0 Å². The van der Waals surface area contributed by atoms with Crippen LogP contribution in [-0.2, 0) is 23.8 Å². The average Bonchev–Trinajstić information content (AvgIpc) is 3.21. The van der Waals surface area contributed by atoms with Crippen LogP contribution in [0, 0.1) is 39.4 Å². The van der Waals surface area contributed by atoms with Crippen molar-refractivity contribution in [3.63, 3.8) is 0 Å². The molecule has 0 aromatic carbocycles. The molecule has 2 saturated carbocycles. The van der Waals surface area contributed by atoms with E-state index in [1.54, 1.807) is 26.8 Å². The van der Waals surface area contributed by atoms with Crippen LogP contribution in [0.5, 0.6) is 0 Å². The lowest BCUT2D eigenvalue weighted by molar-refractivity contribution is -0.291. The van der Waals surface area contributed by atoms with Crippen LogP contribution in [-0.4, -0.2) is 103 Å². The Kier molecular flexibility index (Phi) is 8.18. The molecule has 0 radical (unpaired) electrons. The van der Waals surface area contributed by atoms with E-state index in [2.05, 4.69) is 19.9 Å². The third-order valence-electron chi connectivity index (χ3n) is 13.5. The molecule has 0 unspecified atom stereocenters. The number of allylic oxidation sites excluding steroid dienone is 5. The number of ether oxygens (including phenoxy) is 3. The van der Waals surface area contributed by atoms with E-state index in [1.165, 1.54) is 0 Å². The number of carbonyl (C=O) groups is 2. The maximum absolute atomic E-state index is 14.7. The lowest BCUT2D eigenvalue weighted by Gasteiger charge is -2.64. The fourth-order valence-electron chi connectivity index (χ4n) is 10.7. The van der Waals surface area contributed by atoms with Crippen molar-refractivity contribution in [3.05, 3.63) is 35.1 Å². The molecule has 6 aliphatic rings. The van der Waals surface area contributed by atoms with Crippen molar-refractivity contribution < 1.29 is 54.4 Å². The van der Waals surface area contributed by atoms with E-state index in [0.29, 0.717) is 12.8 Å². The van der Waals surface area contributed by atoms with Gasteiger partial charge in [-0.1, -0.05) is 44.1 Å². The second-order valence-electron chi connectivity index (χ2n) is 16.7. The zero-order chi connectivity index (χ0) is 34.8. The van der Waals surface area contributed by atoms with Crippen LogP contribution in [0.15, 0.2) is 35.1 Å². The van der Waals surface area contributed by atoms with Crippen LogP contribution in [0.25, 0.3) is 0 Å². The van der Waals surface area contributed by atoms with E-state index in [4.69, 9.17) is 14.2 Å². The molecule has 0 spiro atoms. The van der Waals surface area contributed by atoms with Gasteiger partial charge in [0, 0.05) is 23.7 Å². The third kappa shape index (κ3) is 4.60. The maximum atomic E-state index is 14.7. The Bertz CT molecular complexity index is 1420. The molecule has 0 amide bonds. The first-order valence-corrected chi connectivity index (χ1v) is 16.9. The van der Waals surface area contributed by atoms with E-state index >= 15 is 0 Å². The zero-order valence-corrected chi connectivity index (χ0v) is 28.6. The van der Waals surface area contributed by atoms with Crippen LogP contribution < -0.4 is 0 Å². The molecule has 15 atom stereocenters. The molecule has 47 heavy (non-hydrogen) atoms. The minimum absolute atomic E-state index is 0.0102. The second-order valence-corrected chi connectivity index (χ2v) is 16.7. The van der Waals surface area contributed by atoms with Gasteiger partial charge >= 0.3 is 0 Å². The molecule has 0 aromatic rings. The van der Waals surface area contributed by atoms with E-state index < -0.39 is 94.7 Å². The number of Topliss-reactive ketones (excluding diaryl/α,β-unsaturated/α-hetero) is 2. The molecule has 4 fully saturated rings. The number of hydrogen-bond donors (Lipinski definition) is 6. The Morgan fingerprint density at radius 2 is 1.64 bits per heavy atom. The molecule has 2 aliphatic heterocycles. The molecule has 11 nitrogen and oxygen atoms in total. The fourth-order valence-corrected chi connectivity index (χ4v) is 10.7. The summed E-state index contributed by atoms with van der Waals surface area (Å²) in [5, 5.41) is 64.3. The van der Waals surface area contributed by atoms with E-state index in [9.17, 15) is 40.2 Å². The summed E-state index contributed by atoms with van der Waals surface area (Å²) in [5.74, 6) is -1.77. The minimum Gasteiger partial charge on any atom is -0.459 e. The van der Waals surface area contributed by atoms with Crippen molar-refractivity contribution >= 4 is 11.6 Å². The number of aliphatic hydroxyl groups is 6. The summed E-state index contributed by atoms with van der Waals surface area (Å²) in [7, 11) is 0. The lowest BCUT2D eigenvalue weighted by atomic mass is 9.39. The van der Waals surface area contributed by atoms with Gasteiger partial charge in [0.05, 0.1) is 23.7 Å². The highest BCUT2D eigenvalue weighted by Crippen LogP contribution is 2.75. The van der Waals surface area contributed by atoms with Crippen LogP contribution >= 0.6 is 0 Å². The van der Waals surface area contributed by atoms with Gasteiger partial charge in [0.25, 0.3) is 0 Å². The SMILES string of the molecule is CC(C)=C[C@@H]1O[C@@H]2C[C@@]3(C)[C@@H]4CC=C5[C@@H](C=C(O[C@@H]6O[C@H](CO)[C@@H](O)[C@H](O)[C@H]6O)C(=O)C5(C)C)[C@]4(C)C(=O)C[C@]3(C)[C@H]2[C@@](C)(O)[C@@H]1O. The van der Waals surface area contributed by atoms with Crippen molar-refractivity contribution in [2.75, 3.05) is 6.61 Å². The van der Waals surface area contributed by atoms with Gasteiger partial charge in [0.15, 0.2) is 5.76 Å². The van der Waals surface area contributed by atoms with Gasteiger partial charge in [-0.05, 0) is 70.3 Å². The van der Waals surface area contributed by atoms with Crippen molar-refractivity contribution in [3.8, 4) is 0 Å². The van der Waals surface area contributed by atoms with Crippen molar-refractivity contribution in [2.24, 2.45) is 39.4 Å². The summed E-state index contributed by atoms with van der Waals surface area (Å²) >= 11 is 0. The topological polar surface area (TPSA) is 183 Å². The predicted octanol–water partition coefficient (Wildman–Crippen LogP) is 1.72. The van der Waals surface area contributed by atoms with Crippen molar-refractivity contribution in [1.82, 2.24) is 0 Å². The molecule has 2 heterocycles. The molecule has 2 saturated heterocycles.